The van der Waals surface area contributed by atoms with Crippen LogP contribution < -0.4 is 10.2 Å². The first-order valence-electron chi connectivity index (χ1n) is 6.66. The molecule has 0 unspecified atom stereocenters. The SMILES string of the molecule is CCNC1CCN(c2cccc(C(F)(F)F)c2)CC1. The first kappa shape index (κ1) is 14.2. The second-order valence-corrected chi connectivity index (χ2v) is 4.87. The van der Waals surface area contributed by atoms with E-state index in [1.807, 2.05) is 4.90 Å². The van der Waals surface area contributed by atoms with Gasteiger partial charge in [-0.05, 0) is 37.6 Å². The molecule has 1 aliphatic rings. The van der Waals surface area contributed by atoms with Crippen LogP contribution in [-0.2, 0) is 6.18 Å². The number of nitrogens with zero attached hydrogens (tertiary/aromatic N) is 1. The van der Waals surface area contributed by atoms with Gasteiger partial charge in [-0.1, -0.05) is 13.0 Å². The van der Waals surface area contributed by atoms with Crippen molar-refractivity contribution in [3.8, 4) is 0 Å². The monoisotopic (exact) mass is 272 g/mol. The summed E-state index contributed by atoms with van der Waals surface area (Å²) in [6.45, 7) is 4.62. The highest BCUT2D eigenvalue weighted by Gasteiger charge is 2.31. The van der Waals surface area contributed by atoms with Crippen LogP contribution in [0.1, 0.15) is 25.3 Å². The maximum Gasteiger partial charge on any atom is 0.416 e. The van der Waals surface area contributed by atoms with Gasteiger partial charge in [-0.15, -0.1) is 0 Å². The Hall–Kier alpha value is -1.23. The minimum atomic E-state index is -4.27. The highest BCUT2D eigenvalue weighted by Crippen LogP contribution is 2.32. The lowest BCUT2D eigenvalue weighted by Crippen LogP contribution is -2.42. The molecule has 5 heteroatoms. The van der Waals surface area contributed by atoms with Gasteiger partial charge in [0.25, 0.3) is 0 Å². The molecular weight excluding hydrogens is 253 g/mol. The zero-order chi connectivity index (χ0) is 13.9. The number of anilines is 1. The van der Waals surface area contributed by atoms with Gasteiger partial charge in [0.15, 0.2) is 0 Å². The van der Waals surface area contributed by atoms with Gasteiger partial charge in [0.2, 0.25) is 0 Å². The standard InChI is InChI=1S/C14H19F3N2/c1-2-18-12-6-8-19(9-7-12)13-5-3-4-11(10-13)14(15,16)17/h3-5,10,12,18H,2,6-9H2,1H3. The van der Waals surface area contributed by atoms with Crippen LogP contribution in [-0.4, -0.2) is 25.7 Å². The van der Waals surface area contributed by atoms with Gasteiger partial charge in [-0.2, -0.15) is 13.2 Å². The van der Waals surface area contributed by atoms with Crippen LogP contribution in [0.3, 0.4) is 0 Å². The Morgan fingerprint density at radius 2 is 1.95 bits per heavy atom. The Balaban J connectivity index is 2.03. The summed E-state index contributed by atoms with van der Waals surface area (Å²) < 4.78 is 38.0. The molecule has 2 nitrogen and oxygen atoms in total. The average Bonchev–Trinajstić information content (AvgIpc) is 2.39. The Labute approximate surface area is 111 Å². The zero-order valence-corrected chi connectivity index (χ0v) is 11.0. The van der Waals surface area contributed by atoms with Crippen molar-refractivity contribution in [3.63, 3.8) is 0 Å². The minimum absolute atomic E-state index is 0.493. The van der Waals surface area contributed by atoms with Gasteiger partial charge in [-0.3, -0.25) is 0 Å². The van der Waals surface area contributed by atoms with Crippen LogP contribution in [0.2, 0.25) is 0 Å². The van der Waals surface area contributed by atoms with E-state index in [2.05, 4.69) is 12.2 Å². The van der Waals surface area contributed by atoms with Gasteiger partial charge in [0, 0.05) is 24.8 Å². The van der Waals surface area contributed by atoms with Crippen molar-refractivity contribution in [1.82, 2.24) is 5.32 Å². The van der Waals surface area contributed by atoms with Crippen molar-refractivity contribution in [2.75, 3.05) is 24.5 Å². The van der Waals surface area contributed by atoms with E-state index in [-0.39, 0.29) is 0 Å². The van der Waals surface area contributed by atoms with Gasteiger partial charge in [-0.25, -0.2) is 0 Å². The summed E-state index contributed by atoms with van der Waals surface area (Å²) in [6, 6.07) is 6.09. The third-order valence-corrected chi connectivity index (χ3v) is 3.53. The number of hydrogen-bond donors (Lipinski definition) is 1. The minimum Gasteiger partial charge on any atom is -0.371 e. The number of rotatable bonds is 3. The smallest absolute Gasteiger partial charge is 0.371 e. The van der Waals surface area contributed by atoms with Crippen molar-refractivity contribution in [1.29, 1.82) is 0 Å². The Kier molecular flexibility index (Phi) is 4.34. The predicted molar refractivity (Wildman–Crippen MR) is 70.4 cm³/mol. The molecule has 106 valence electrons. The van der Waals surface area contributed by atoms with Crippen LogP contribution in [0.15, 0.2) is 24.3 Å². The Bertz CT molecular complexity index is 409. The molecule has 1 aliphatic heterocycles. The number of nitrogens with one attached hydrogen (secondary N) is 1. The van der Waals surface area contributed by atoms with Crippen molar-refractivity contribution < 1.29 is 13.2 Å². The van der Waals surface area contributed by atoms with Crippen molar-refractivity contribution in [2.45, 2.75) is 32.0 Å². The fraction of sp³-hybridized carbons (Fsp3) is 0.571. The molecule has 19 heavy (non-hydrogen) atoms. The molecule has 0 saturated carbocycles. The lowest BCUT2D eigenvalue weighted by Gasteiger charge is -2.34. The molecule has 1 N–H and O–H groups in total. The predicted octanol–water partition coefficient (Wildman–Crippen LogP) is 3.28. The number of piperidine rings is 1. The third-order valence-electron chi connectivity index (χ3n) is 3.53. The van der Waals surface area contributed by atoms with Gasteiger partial charge in [0.1, 0.15) is 0 Å². The highest BCUT2D eigenvalue weighted by molar-refractivity contribution is 5.49. The van der Waals surface area contributed by atoms with Crippen LogP contribution >= 0.6 is 0 Å². The highest BCUT2D eigenvalue weighted by atomic mass is 19.4. The molecular formula is C14H19F3N2. The van der Waals surface area contributed by atoms with Crippen LogP contribution in [0, 0.1) is 0 Å². The van der Waals surface area contributed by atoms with E-state index in [1.54, 1.807) is 6.07 Å². The second kappa shape index (κ2) is 5.82. The molecule has 0 aromatic heterocycles. The zero-order valence-electron chi connectivity index (χ0n) is 11.0. The lowest BCUT2D eigenvalue weighted by atomic mass is 10.0. The van der Waals surface area contributed by atoms with Crippen molar-refractivity contribution >= 4 is 5.69 Å². The third kappa shape index (κ3) is 3.62. The maximum absolute atomic E-state index is 12.7. The summed E-state index contributed by atoms with van der Waals surface area (Å²) in [6.07, 6.45) is -2.31. The summed E-state index contributed by atoms with van der Waals surface area (Å²) in [5, 5.41) is 3.39. The van der Waals surface area contributed by atoms with E-state index in [0.29, 0.717) is 11.7 Å². The normalized spacial score (nSPS) is 17.8. The molecule has 1 heterocycles. The average molecular weight is 272 g/mol. The van der Waals surface area contributed by atoms with Gasteiger partial charge in [0.05, 0.1) is 5.56 Å². The molecule has 0 spiro atoms. The number of benzene rings is 1. The molecule has 1 fully saturated rings. The summed E-state index contributed by atoms with van der Waals surface area (Å²) in [5.41, 5.74) is 0.101. The van der Waals surface area contributed by atoms with Crippen LogP contribution in [0.4, 0.5) is 18.9 Å². The molecule has 1 aromatic rings. The first-order valence-corrected chi connectivity index (χ1v) is 6.66. The van der Waals surface area contributed by atoms with E-state index in [9.17, 15) is 13.2 Å². The molecule has 0 amide bonds. The van der Waals surface area contributed by atoms with Crippen molar-refractivity contribution in [2.24, 2.45) is 0 Å². The fourth-order valence-electron chi connectivity index (χ4n) is 2.51. The van der Waals surface area contributed by atoms with Crippen molar-refractivity contribution in [3.05, 3.63) is 29.8 Å². The second-order valence-electron chi connectivity index (χ2n) is 4.87. The lowest BCUT2D eigenvalue weighted by molar-refractivity contribution is -0.137. The van der Waals surface area contributed by atoms with Crippen LogP contribution in [0.25, 0.3) is 0 Å². The molecule has 1 aromatic carbocycles. The number of halogens is 3. The molecule has 1 saturated heterocycles. The van der Waals surface area contributed by atoms with E-state index in [0.717, 1.165) is 38.5 Å². The topological polar surface area (TPSA) is 15.3 Å². The molecule has 0 aliphatic carbocycles. The summed E-state index contributed by atoms with van der Waals surface area (Å²) in [7, 11) is 0. The van der Waals surface area contributed by atoms with Gasteiger partial charge < -0.3 is 10.2 Å². The molecule has 2 rings (SSSR count). The summed E-state index contributed by atoms with van der Waals surface area (Å²) in [4.78, 5) is 2.03. The number of alkyl halides is 3. The summed E-state index contributed by atoms with van der Waals surface area (Å²) >= 11 is 0. The van der Waals surface area contributed by atoms with E-state index in [1.165, 1.54) is 12.1 Å². The molecule has 0 atom stereocenters. The number of hydrogen-bond acceptors (Lipinski definition) is 2. The van der Waals surface area contributed by atoms with Gasteiger partial charge >= 0.3 is 6.18 Å². The summed E-state index contributed by atoms with van der Waals surface area (Å²) in [5.74, 6) is 0. The van der Waals surface area contributed by atoms with Crippen LogP contribution in [0.5, 0.6) is 0 Å². The maximum atomic E-state index is 12.7. The first-order chi connectivity index (χ1) is 9.00. The Morgan fingerprint density at radius 3 is 2.53 bits per heavy atom. The van der Waals surface area contributed by atoms with E-state index < -0.39 is 11.7 Å². The largest absolute Gasteiger partial charge is 0.416 e. The molecule has 0 radical (unpaired) electrons. The molecule has 0 bridgehead atoms. The Morgan fingerprint density at radius 1 is 1.26 bits per heavy atom. The van der Waals surface area contributed by atoms with E-state index in [4.69, 9.17) is 0 Å². The fourth-order valence-corrected chi connectivity index (χ4v) is 2.51. The quantitative estimate of drug-likeness (QED) is 0.908. The van der Waals surface area contributed by atoms with E-state index >= 15 is 0 Å².